The summed E-state index contributed by atoms with van der Waals surface area (Å²) in [5, 5.41) is 12.4. The van der Waals surface area contributed by atoms with Gasteiger partial charge in [-0.2, -0.15) is 0 Å². The van der Waals surface area contributed by atoms with Crippen LogP contribution in [0.4, 0.5) is 0 Å². The van der Waals surface area contributed by atoms with Gasteiger partial charge < -0.3 is 9.84 Å². The summed E-state index contributed by atoms with van der Waals surface area (Å²) >= 11 is 0. The lowest BCUT2D eigenvalue weighted by molar-refractivity contribution is -0.137. The second-order valence-corrected chi connectivity index (χ2v) is 2.55. The lowest BCUT2D eigenvalue weighted by atomic mass is 10.2. The van der Waals surface area contributed by atoms with Gasteiger partial charge in [-0.15, -0.1) is 0 Å². The molecule has 1 N–H and O–H groups in total. The van der Waals surface area contributed by atoms with E-state index < -0.39 is 18.1 Å². The van der Waals surface area contributed by atoms with Crippen LogP contribution < -0.4 is 0 Å². The first kappa shape index (κ1) is 12.5. The van der Waals surface area contributed by atoms with Crippen LogP contribution in [0, 0.1) is 0 Å². The molecule has 0 aromatic rings. The van der Waals surface area contributed by atoms with Crippen molar-refractivity contribution in [3.63, 3.8) is 0 Å². The molecule has 0 bridgehead atoms. The van der Waals surface area contributed by atoms with E-state index in [2.05, 4.69) is 14.8 Å². The molecule has 0 aromatic heterocycles. The minimum atomic E-state index is -0.837. The minimum absolute atomic E-state index is 0.282. The van der Waals surface area contributed by atoms with Gasteiger partial charge in [0.2, 0.25) is 0 Å². The summed E-state index contributed by atoms with van der Waals surface area (Å²) in [4.78, 5) is 13.4. The summed E-state index contributed by atoms with van der Waals surface area (Å²) in [6.45, 7) is 3.43. The Morgan fingerprint density at radius 2 is 2.43 bits per heavy atom. The number of carbonyl (C=O) groups excluding carboxylic acids is 1. The standard InChI is InChI=1S/C8H13N3O3/c1-3-14-8(13)5-4-7(6(2)12)10-11-9/h4-7,12H,3H2,1-2H3/b5-4+/t6-,7-/m0/s1. The predicted octanol–water partition coefficient (Wildman–Crippen LogP) is 1.17. The number of hydrogen-bond donors (Lipinski definition) is 1. The van der Waals surface area contributed by atoms with Crippen LogP contribution in [0.15, 0.2) is 17.3 Å². The highest BCUT2D eigenvalue weighted by molar-refractivity contribution is 5.82. The zero-order chi connectivity index (χ0) is 11.0. The maximum Gasteiger partial charge on any atom is 0.330 e. The van der Waals surface area contributed by atoms with Gasteiger partial charge in [-0.25, -0.2) is 4.79 Å². The molecular formula is C8H13N3O3. The summed E-state index contributed by atoms with van der Waals surface area (Å²) in [7, 11) is 0. The normalized spacial score (nSPS) is 14.5. The van der Waals surface area contributed by atoms with Gasteiger partial charge in [0.25, 0.3) is 0 Å². The molecule has 0 aromatic carbocycles. The number of aliphatic hydroxyl groups is 1. The fraction of sp³-hybridized carbons (Fsp3) is 0.625. The van der Waals surface area contributed by atoms with Crippen molar-refractivity contribution < 1.29 is 14.6 Å². The van der Waals surface area contributed by atoms with Crippen molar-refractivity contribution in [2.75, 3.05) is 6.61 Å². The van der Waals surface area contributed by atoms with Crippen molar-refractivity contribution in [1.82, 2.24) is 0 Å². The summed E-state index contributed by atoms with van der Waals surface area (Å²) in [5.74, 6) is -0.522. The molecule has 0 spiro atoms. The molecule has 0 unspecified atom stereocenters. The van der Waals surface area contributed by atoms with Crippen molar-refractivity contribution in [3.8, 4) is 0 Å². The molecule has 0 saturated heterocycles. The molecule has 0 aliphatic carbocycles. The van der Waals surface area contributed by atoms with Gasteiger partial charge in [-0.1, -0.05) is 11.2 Å². The first-order valence-corrected chi connectivity index (χ1v) is 4.19. The number of esters is 1. The fourth-order valence-electron chi connectivity index (χ4n) is 0.723. The van der Waals surface area contributed by atoms with E-state index in [1.54, 1.807) is 6.92 Å². The SMILES string of the molecule is CCOC(=O)/C=C/[C@H](N=[N+]=[N-])[C@H](C)O. The third kappa shape index (κ3) is 5.18. The first-order valence-electron chi connectivity index (χ1n) is 4.19. The Morgan fingerprint density at radius 3 is 2.86 bits per heavy atom. The quantitative estimate of drug-likeness (QED) is 0.236. The number of carbonyl (C=O) groups is 1. The zero-order valence-electron chi connectivity index (χ0n) is 8.12. The van der Waals surface area contributed by atoms with Crippen molar-refractivity contribution in [2.24, 2.45) is 5.11 Å². The molecule has 14 heavy (non-hydrogen) atoms. The third-order valence-electron chi connectivity index (χ3n) is 1.40. The number of ether oxygens (including phenoxy) is 1. The molecule has 0 radical (unpaired) electrons. The Morgan fingerprint density at radius 1 is 1.79 bits per heavy atom. The lowest BCUT2D eigenvalue weighted by Crippen LogP contribution is -2.18. The molecule has 0 amide bonds. The molecule has 0 aliphatic heterocycles. The minimum Gasteiger partial charge on any atom is -0.463 e. The van der Waals surface area contributed by atoms with Gasteiger partial charge in [-0.3, -0.25) is 0 Å². The third-order valence-corrected chi connectivity index (χ3v) is 1.40. The summed E-state index contributed by atoms with van der Waals surface area (Å²) in [5.41, 5.74) is 8.15. The van der Waals surface area contributed by atoms with Gasteiger partial charge in [0.15, 0.2) is 0 Å². The second-order valence-electron chi connectivity index (χ2n) is 2.55. The van der Waals surface area contributed by atoms with E-state index in [1.807, 2.05) is 0 Å². The Bertz CT molecular complexity index is 257. The van der Waals surface area contributed by atoms with Crippen LogP contribution in [-0.4, -0.2) is 29.8 Å². The Kier molecular flexibility index (Phi) is 6.19. The van der Waals surface area contributed by atoms with Crippen molar-refractivity contribution >= 4 is 5.97 Å². The number of azide groups is 1. The predicted molar refractivity (Wildman–Crippen MR) is 50.4 cm³/mol. The number of aliphatic hydroxyl groups excluding tert-OH is 1. The van der Waals surface area contributed by atoms with Crippen molar-refractivity contribution in [2.45, 2.75) is 26.0 Å². The van der Waals surface area contributed by atoms with E-state index in [0.29, 0.717) is 0 Å². The lowest BCUT2D eigenvalue weighted by Gasteiger charge is -2.07. The molecule has 2 atom stereocenters. The van der Waals surface area contributed by atoms with Gasteiger partial charge in [0.1, 0.15) is 0 Å². The highest BCUT2D eigenvalue weighted by Crippen LogP contribution is 2.01. The van der Waals surface area contributed by atoms with Gasteiger partial charge >= 0.3 is 5.97 Å². The monoisotopic (exact) mass is 199 g/mol. The van der Waals surface area contributed by atoms with Crippen molar-refractivity contribution in [1.29, 1.82) is 0 Å². The second kappa shape index (κ2) is 6.94. The first-order chi connectivity index (χ1) is 6.61. The molecule has 0 aliphatic rings. The van der Waals surface area contributed by atoms with Crippen LogP contribution >= 0.6 is 0 Å². The Labute approximate surface area is 81.8 Å². The maximum atomic E-state index is 10.8. The average Bonchev–Trinajstić information content (AvgIpc) is 2.12. The van der Waals surface area contributed by atoms with E-state index >= 15 is 0 Å². The van der Waals surface area contributed by atoms with Crippen molar-refractivity contribution in [3.05, 3.63) is 22.6 Å². The largest absolute Gasteiger partial charge is 0.463 e. The van der Waals surface area contributed by atoms with Crippen LogP contribution in [-0.2, 0) is 9.53 Å². The van der Waals surface area contributed by atoms with Crippen LogP contribution in [0.3, 0.4) is 0 Å². The maximum absolute atomic E-state index is 10.8. The number of rotatable bonds is 5. The molecule has 6 heteroatoms. The smallest absolute Gasteiger partial charge is 0.330 e. The van der Waals surface area contributed by atoms with E-state index in [1.165, 1.54) is 13.0 Å². The van der Waals surface area contributed by atoms with Gasteiger partial charge in [-0.05, 0) is 19.4 Å². The summed E-state index contributed by atoms with van der Waals surface area (Å²) in [6, 6.07) is -0.746. The zero-order valence-corrected chi connectivity index (χ0v) is 8.12. The molecule has 6 nitrogen and oxygen atoms in total. The van der Waals surface area contributed by atoms with E-state index in [9.17, 15) is 4.79 Å². The molecule has 0 heterocycles. The molecular weight excluding hydrogens is 186 g/mol. The highest BCUT2D eigenvalue weighted by atomic mass is 16.5. The van der Waals surface area contributed by atoms with E-state index in [-0.39, 0.29) is 6.61 Å². The topological polar surface area (TPSA) is 95.3 Å². The van der Waals surface area contributed by atoms with E-state index in [0.717, 1.165) is 6.08 Å². The number of nitrogens with zero attached hydrogens (tertiary/aromatic N) is 3. The van der Waals surface area contributed by atoms with Gasteiger partial charge in [0, 0.05) is 11.0 Å². The van der Waals surface area contributed by atoms with Crippen LogP contribution in [0.2, 0.25) is 0 Å². The average molecular weight is 199 g/mol. The molecule has 0 fully saturated rings. The summed E-state index contributed by atoms with van der Waals surface area (Å²) in [6.07, 6.45) is 1.61. The number of hydrogen-bond acceptors (Lipinski definition) is 4. The summed E-state index contributed by atoms with van der Waals surface area (Å²) < 4.78 is 4.61. The van der Waals surface area contributed by atoms with Crippen LogP contribution in [0.5, 0.6) is 0 Å². The van der Waals surface area contributed by atoms with Crippen LogP contribution in [0.1, 0.15) is 13.8 Å². The van der Waals surface area contributed by atoms with Gasteiger partial charge in [0.05, 0.1) is 18.8 Å². The highest BCUT2D eigenvalue weighted by Gasteiger charge is 2.09. The Balaban J connectivity index is 4.28. The fourth-order valence-corrected chi connectivity index (χ4v) is 0.723. The molecule has 78 valence electrons. The molecule has 0 saturated carbocycles. The van der Waals surface area contributed by atoms with Crippen LogP contribution in [0.25, 0.3) is 10.4 Å². The van der Waals surface area contributed by atoms with E-state index in [4.69, 9.17) is 10.6 Å². The Hall–Kier alpha value is -1.52. The molecule has 0 rings (SSSR count).